The molecule has 3 heterocycles. The highest BCUT2D eigenvalue weighted by atomic mass is 32.2. The van der Waals surface area contributed by atoms with Crippen LogP contribution in [0.5, 0.6) is 11.5 Å². The van der Waals surface area contributed by atoms with Crippen LogP contribution in [0, 0.1) is 19.3 Å². The first-order valence-corrected chi connectivity index (χ1v) is 13.2. The lowest BCUT2D eigenvalue weighted by atomic mass is 10.2. The van der Waals surface area contributed by atoms with E-state index in [1.165, 1.54) is 15.6 Å². The van der Waals surface area contributed by atoms with Gasteiger partial charge < -0.3 is 14.0 Å². The SMILES string of the molecule is C#CCn1c(=NC(=O)C2CCCN2S(=O)(=O)c2ccc(C)cc2)sc2cc3c(cc21)OCCO3. The van der Waals surface area contributed by atoms with Gasteiger partial charge in [-0.2, -0.15) is 9.30 Å². The van der Waals surface area contributed by atoms with Crippen LogP contribution >= 0.6 is 11.3 Å². The molecule has 10 heteroatoms. The van der Waals surface area contributed by atoms with E-state index >= 15 is 0 Å². The summed E-state index contributed by atoms with van der Waals surface area (Å²) >= 11 is 1.31. The van der Waals surface area contributed by atoms with Crippen molar-refractivity contribution in [2.24, 2.45) is 4.99 Å². The molecule has 2 aliphatic heterocycles. The molecular weight excluding hydrogens is 474 g/mol. The fourth-order valence-corrected chi connectivity index (χ4v) is 6.92. The van der Waals surface area contributed by atoms with Crippen LogP contribution in [-0.4, -0.2) is 49.0 Å². The van der Waals surface area contributed by atoms with E-state index in [1.54, 1.807) is 28.8 Å². The van der Waals surface area contributed by atoms with Gasteiger partial charge in [0.1, 0.15) is 19.3 Å². The second-order valence-corrected chi connectivity index (χ2v) is 11.1. The van der Waals surface area contributed by atoms with E-state index in [-0.39, 0.29) is 18.0 Å². The summed E-state index contributed by atoms with van der Waals surface area (Å²) in [5.74, 6) is 3.36. The van der Waals surface area contributed by atoms with Crippen LogP contribution < -0.4 is 14.3 Å². The molecule has 0 bridgehead atoms. The van der Waals surface area contributed by atoms with Crippen LogP contribution in [-0.2, 0) is 21.4 Å². The fourth-order valence-electron chi connectivity index (χ4n) is 4.22. The van der Waals surface area contributed by atoms with Gasteiger partial charge in [0.05, 0.1) is 21.7 Å². The van der Waals surface area contributed by atoms with E-state index in [0.717, 1.165) is 15.8 Å². The van der Waals surface area contributed by atoms with Crippen molar-refractivity contribution in [2.45, 2.75) is 37.2 Å². The maximum atomic E-state index is 13.3. The van der Waals surface area contributed by atoms with Crippen LogP contribution in [0.25, 0.3) is 10.2 Å². The standard InChI is InChI=1S/C24H23N3O5S2/c1-3-10-26-19-14-20-21(32-13-12-31-20)15-22(19)33-24(26)25-23(28)18-5-4-11-27(18)34(29,30)17-8-6-16(2)7-9-17/h1,6-9,14-15,18H,4-5,10-13H2,2H3. The molecule has 0 N–H and O–H groups in total. The number of nitrogens with zero attached hydrogens (tertiary/aromatic N) is 3. The topological polar surface area (TPSA) is 90.2 Å². The molecule has 1 aromatic heterocycles. The van der Waals surface area contributed by atoms with Gasteiger partial charge in [0, 0.05) is 18.7 Å². The number of amides is 1. The highest BCUT2D eigenvalue weighted by Gasteiger charge is 2.39. The van der Waals surface area contributed by atoms with Crippen molar-refractivity contribution in [2.75, 3.05) is 19.8 Å². The predicted octanol–water partition coefficient (Wildman–Crippen LogP) is 2.70. The lowest BCUT2D eigenvalue weighted by Crippen LogP contribution is -2.40. The molecule has 0 aliphatic carbocycles. The molecule has 176 valence electrons. The molecule has 2 aliphatic rings. The monoisotopic (exact) mass is 497 g/mol. The molecule has 34 heavy (non-hydrogen) atoms. The first-order chi connectivity index (χ1) is 16.4. The zero-order valence-corrected chi connectivity index (χ0v) is 20.2. The van der Waals surface area contributed by atoms with E-state index < -0.39 is 22.0 Å². The smallest absolute Gasteiger partial charge is 0.266 e. The zero-order chi connectivity index (χ0) is 23.9. The molecule has 8 nitrogen and oxygen atoms in total. The lowest BCUT2D eigenvalue weighted by molar-refractivity contribution is -0.121. The van der Waals surface area contributed by atoms with Gasteiger partial charge in [0.15, 0.2) is 16.3 Å². The predicted molar refractivity (Wildman–Crippen MR) is 128 cm³/mol. The Kier molecular flexibility index (Phi) is 5.93. The van der Waals surface area contributed by atoms with Gasteiger partial charge in [-0.25, -0.2) is 8.42 Å². The van der Waals surface area contributed by atoms with Gasteiger partial charge in [0.2, 0.25) is 10.0 Å². The van der Waals surface area contributed by atoms with Crippen molar-refractivity contribution in [1.29, 1.82) is 0 Å². The fraction of sp³-hybridized carbons (Fsp3) is 0.333. The molecule has 0 saturated carbocycles. The maximum absolute atomic E-state index is 13.3. The largest absolute Gasteiger partial charge is 0.486 e. The normalized spacial score (nSPS) is 18.8. The summed E-state index contributed by atoms with van der Waals surface area (Å²) in [4.78, 5) is 18.2. The highest BCUT2D eigenvalue weighted by Crippen LogP contribution is 2.35. The van der Waals surface area contributed by atoms with Gasteiger partial charge in [-0.05, 0) is 31.9 Å². The van der Waals surface area contributed by atoms with Gasteiger partial charge in [-0.1, -0.05) is 35.0 Å². The Morgan fingerprint density at radius 3 is 2.62 bits per heavy atom. The van der Waals surface area contributed by atoms with Crippen LogP contribution in [0.3, 0.4) is 0 Å². The minimum atomic E-state index is -3.81. The number of rotatable bonds is 4. The molecule has 1 amide bonds. The minimum Gasteiger partial charge on any atom is -0.486 e. The second kappa shape index (κ2) is 8.91. The number of carbonyl (C=O) groups excluding carboxylic acids is 1. The maximum Gasteiger partial charge on any atom is 0.266 e. The molecule has 2 aromatic carbocycles. The summed E-state index contributed by atoms with van der Waals surface area (Å²) in [7, 11) is -3.81. The van der Waals surface area contributed by atoms with Gasteiger partial charge in [-0.15, -0.1) is 6.42 Å². The number of aryl methyl sites for hydroxylation is 1. The second-order valence-electron chi connectivity index (χ2n) is 8.18. The number of sulfonamides is 1. The quantitative estimate of drug-likeness (QED) is 0.517. The highest BCUT2D eigenvalue weighted by molar-refractivity contribution is 7.89. The van der Waals surface area contributed by atoms with Crippen molar-refractivity contribution in [3.63, 3.8) is 0 Å². The van der Waals surface area contributed by atoms with Crippen molar-refractivity contribution in [3.8, 4) is 23.8 Å². The van der Waals surface area contributed by atoms with E-state index in [1.807, 2.05) is 19.1 Å². The average Bonchev–Trinajstić information content (AvgIpc) is 3.44. The number of hydrogen-bond donors (Lipinski definition) is 0. The number of thiazole rings is 1. The number of fused-ring (bicyclic) bond motifs is 2. The molecule has 5 rings (SSSR count). The van der Waals surface area contributed by atoms with Crippen molar-refractivity contribution >= 4 is 37.5 Å². The van der Waals surface area contributed by atoms with Crippen molar-refractivity contribution in [3.05, 3.63) is 46.8 Å². The Bertz CT molecular complexity index is 1480. The molecule has 1 saturated heterocycles. The first-order valence-electron chi connectivity index (χ1n) is 10.9. The Hall–Kier alpha value is -3.13. The summed E-state index contributed by atoms with van der Waals surface area (Å²) in [5.41, 5.74) is 1.75. The van der Waals surface area contributed by atoms with Crippen LogP contribution in [0.2, 0.25) is 0 Å². The Labute approximate surface area is 201 Å². The van der Waals surface area contributed by atoms with Crippen LogP contribution in [0.15, 0.2) is 46.3 Å². The summed E-state index contributed by atoms with van der Waals surface area (Å²) in [6.07, 6.45) is 6.60. The van der Waals surface area contributed by atoms with Crippen molar-refractivity contribution in [1.82, 2.24) is 8.87 Å². The zero-order valence-electron chi connectivity index (χ0n) is 18.6. The number of aromatic nitrogens is 1. The molecule has 0 spiro atoms. The third-order valence-corrected chi connectivity index (χ3v) is 8.88. The van der Waals surface area contributed by atoms with E-state index in [4.69, 9.17) is 15.9 Å². The number of ether oxygens (including phenoxy) is 2. The third-order valence-electron chi connectivity index (χ3n) is 5.92. The summed E-state index contributed by atoms with van der Waals surface area (Å²) < 4.78 is 41.7. The molecule has 1 fully saturated rings. The Morgan fingerprint density at radius 2 is 1.91 bits per heavy atom. The summed E-state index contributed by atoms with van der Waals surface area (Å²) in [5, 5.41) is 0. The van der Waals surface area contributed by atoms with Gasteiger partial charge in [0.25, 0.3) is 5.91 Å². The van der Waals surface area contributed by atoms with E-state index in [2.05, 4.69) is 10.9 Å². The first kappa shape index (κ1) is 22.7. The molecule has 1 unspecified atom stereocenters. The van der Waals surface area contributed by atoms with E-state index in [9.17, 15) is 13.2 Å². The number of hydrogen-bond acceptors (Lipinski definition) is 6. The number of benzene rings is 2. The molecular formula is C24H23N3O5S2. The number of terminal acetylenes is 1. The molecule has 1 atom stereocenters. The average molecular weight is 498 g/mol. The van der Waals surface area contributed by atoms with Gasteiger partial charge in [-0.3, -0.25) is 4.79 Å². The Balaban J connectivity index is 1.53. The summed E-state index contributed by atoms with van der Waals surface area (Å²) in [6.45, 7) is 3.31. The van der Waals surface area contributed by atoms with Gasteiger partial charge >= 0.3 is 0 Å². The minimum absolute atomic E-state index is 0.174. The molecule has 0 radical (unpaired) electrons. The third kappa shape index (κ3) is 4.00. The Morgan fingerprint density at radius 1 is 1.21 bits per heavy atom. The lowest BCUT2D eigenvalue weighted by Gasteiger charge is -2.21. The number of carbonyl (C=O) groups is 1. The van der Waals surface area contributed by atoms with Crippen LogP contribution in [0.1, 0.15) is 18.4 Å². The summed E-state index contributed by atoms with van der Waals surface area (Å²) in [6, 6.07) is 9.48. The van der Waals surface area contributed by atoms with Crippen molar-refractivity contribution < 1.29 is 22.7 Å². The van der Waals surface area contributed by atoms with E-state index in [0.29, 0.717) is 42.4 Å². The van der Waals surface area contributed by atoms with Crippen LogP contribution in [0.4, 0.5) is 0 Å². The molecule has 3 aromatic rings.